The molecule has 0 atom stereocenters. The SMILES string of the molecule is c1ccc(-c2nc(-c3ccc4c(c3)oc3cccc(-c5ccccc5)c34)nc(-c3cccc4c3oc3c4ccc4c5ccccc5n(-c5ccccc5)c43)n2)cc1. The fourth-order valence-corrected chi connectivity index (χ4v) is 8.49. The van der Waals surface area contributed by atoms with Crippen LogP contribution in [0.5, 0.6) is 0 Å². The monoisotopic (exact) mass is 730 g/mol. The number of furan rings is 2. The van der Waals surface area contributed by atoms with Crippen molar-refractivity contribution in [2.75, 3.05) is 0 Å². The molecule has 0 saturated heterocycles. The van der Waals surface area contributed by atoms with Crippen LogP contribution in [-0.2, 0) is 0 Å². The molecule has 0 radical (unpaired) electrons. The molecule has 12 aromatic rings. The van der Waals surface area contributed by atoms with Crippen molar-refractivity contribution in [1.82, 2.24) is 19.5 Å². The molecule has 0 aliphatic carbocycles. The summed E-state index contributed by atoms with van der Waals surface area (Å²) in [6.07, 6.45) is 0. The van der Waals surface area contributed by atoms with Crippen LogP contribution in [0.1, 0.15) is 0 Å². The van der Waals surface area contributed by atoms with Crippen LogP contribution >= 0.6 is 0 Å². The number of rotatable bonds is 5. The van der Waals surface area contributed by atoms with Crippen LogP contribution < -0.4 is 0 Å². The van der Waals surface area contributed by atoms with Crippen LogP contribution in [0, 0.1) is 0 Å². The van der Waals surface area contributed by atoms with Gasteiger partial charge in [0, 0.05) is 49.1 Å². The van der Waals surface area contributed by atoms with E-state index >= 15 is 0 Å². The molecule has 6 nitrogen and oxygen atoms in total. The molecule has 6 heteroatoms. The van der Waals surface area contributed by atoms with Crippen LogP contribution in [0.2, 0.25) is 0 Å². The summed E-state index contributed by atoms with van der Waals surface area (Å²) in [4.78, 5) is 15.4. The van der Waals surface area contributed by atoms with Gasteiger partial charge in [0.25, 0.3) is 0 Å². The number of hydrogen-bond donors (Lipinski definition) is 0. The van der Waals surface area contributed by atoms with Gasteiger partial charge in [0.05, 0.1) is 16.6 Å². The Morgan fingerprint density at radius 3 is 1.81 bits per heavy atom. The van der Waals surface area contributed by atoms with Gasteiger partial charge in [-0.25, -0.2) is 15.0 Å². The van der Waals surface area contributed by atoms with Crippen LogP contribution in [-0.4, -0.2) is 19.5 Å². The lowest BCUT2D eigenvalue weighted by molar-refractivity contribution is 0.669. The Labute approximate surface area is 325 Å². The zero-order valence-electron chi connectivity index (χ0n) is 30.4. The maximum absolute atomic E-state index is 7.04. The van der Waals surface area contributed by atoms with E-state index in [9.17, 15) is 0 Å². The van der Waals surface area contributed by atoms with Gasteiger partial charge in [-0.05, 0) is 59.7 Å². The van der Waals surface area contributed by atoms with E-state index in [0.717, 1.165) is 93.8 Å². The lowest BCUT2D eigenvalue weighted by Crippen LogP contribution is -2.00. The second kappa shape index (κ2) is 12.3. The van der Waals surface area contributed by atoms with E-state index in [0.29, 0.717) is 17.5 Å². The minimum absolute atomic E-state index is 0.527. The number of aromatic nitrogens is 4. The topological polar surface area (TPSA) is 69.9 Å². The van der Waals surface area contributed by atoms with Crippen molar-refractivity contribution in [3.63, 3.8) is 0 Å². The second-order valence-electron chi connectivity index (χ2n) is 14.3. The summed E-state index contributed by atoms with van der Waals surface area (Å²) in [5.74, 6) is 1.65. The summed E-state index contributed by atoms with van der Waals surface area (Å²) in [6, 6.07) is 62.5. The summed E-state index contributed by atoms with van der Waals surface area (Å²) in [7, 11) is 0. The summed E-state index contributed by atoms with van der Waals surface area (Å²) >= 11 is 0. The highest BCUT2D eigenvalue weighted by atomic mass is 16.3. The van der Waals surface area contributed by atoms with Crippen molar-refractivity contribution in [3.05, 3.63) is 182 Å². The number of hydrogen-bond acceptors (Lipinski definition) is 5. The first kappa shape index (κ1) is 31.5. The molecule has 0 bridgehead atoms. The molecule has 4 heterocycles. The Morgan fingerprint density at radius 1 is 0.368 bits per heavy atom. The van der Waals surface area contributed by atoms with Gasteiger partial charge in [-0.1, -0.05) is 133 Å². The Kier molecular flexibility index (Phi) is 6.83. The highest BCUT2D eigenvalue weighted by molar-refractivity contribution is 6.22. The highest BCUT2D eigenvalue weighted by Crippen LogP contribution is 2.43. The molecule has 0 aliphatic rings. The minimum atomic E-state index is 0.527. The van der Waals surface area contributed by atoms with Crippen LogP contribution in [0.15, 0.2) is 191 Å². The van der Waals surface area contributed by atoms with E-state index in [2.05, 4.69) is 120 Å². The fraction of sp³-hybridized carbons (Fsp3) is 0. The van der Waals surface area contributed by atoms with Crippen LogP contribution in [0.4, 0.5) is 0 Å². The van der Waals surface area contributed by atoms with E-state index in [1.807, 2.05) is 66.7 Å². The van der Waals surface area contributed by atoms with Crippen LogP contribution in [0.25, 0.3) is 117 Å². The molecule has 0 N–H and O–H groups in total. The number of nitrogens with zero attached hydrogens (tertiary/aromatic N) is 4. The first-order chi connectivity index (χ1) is 28.3. The average Bonchev–Trinajstić information content (AvgIpc) is 3.96. The molecule has 0 spiro atoms. The first-order valence-electron chi connectivity index (χ1n) is 19.0. The van der Waals surface area contributed by atoms with Gasteiger partial charge in [0.15, 0.2) is 23.1 Å². The van der Waals surface area contributed by atoms with E-state index in [4.69, 9.17) is 23.8 Å². The number of fused-ring (bicyclic) bond motifs is 10. The maximum Gasteiger partial charge on any atom is 0.167 e. The lowest BCUT2D eigenvalue weighted by atomic mass is 9.99. The van der Waals surface area contributed by atoms with Crippen molar-refractivity contribution >= 4 is 65.7 Å². The molecule has 8 aromatic carbocycles. The first-order valence-corrected chi connectivity index (χ1v) is 19.0. The summed E-state index contributed by atoms with van der Waals surface area (Å²) in [5, 5.41) is 6.46. The van der Waals surface area contributed by atoms with Crippen molar-refractivity contribution in [2.24, 2.45) is 0 Å². The third-order valence-electron chi connectivity index (χ3n) is 11.1. The standard InChI is InChI=1S/C51H30N4O2/c1-4-14-31(15-5-1)35-21-13-25-43-45(35)40-27-26-33(30-44(40)56-43)50-52-49(32-16-6-2-7-17-32)53-51(54-50)41-23-12-22-38-39-29-28-37-36-20-10-11-24-42(36)55(34-18-8-3-9-19-34)46(37)48(39)57-47(38)41/h1-30H. The summed E-state index contributed by atoms with van der Waals surface area (Å²) in [6.45, 7) is 0. The third kappa shape index (κ3) is 4.87. The Balaban J connectivity index is 1.08. The average molecular weight is 731 g/mol. The van der Waals surface area contributed by atoms with Gasteiger partial charge in [-0.3, -0.25) is 0 Å². The van der Waals surface area contributed by atoms with Gasteiger partial charge in [-0.15, -0.1) is 0 Å². The van der Waals surface area contributed by atoms with Crippen molar-refractivity contribution in [2.45, 2.75) is 0 Å². The van der Waals surface area contributed by atoms with Gasteiger partial charge >= 0.3 is 0 Å². The van der Waals surface area contributed by atoms with Crippen molar-refractivity contribution in [1.29, 1.82) is 0 Å². The largest absolute Gasteiger partial charge is 0.456 e. The summed E-state index contributed by atoms with van der Waals surface area (Å²) < 4.78 is 15.9. The smallest absolute Gasteiger partial charge is 0.167 e. The third-order valence-corrected chi connectivity index (χ3v) is 11.1. The molecule has 0 saturated carbocycles. The molecular formula is C51H30N4O2. The van der Waals surface area contributed by atoms with E-state index in [1.54, 1.807) is 0 Å². The van der Waals surface area contributed by atoms with Gasteiger partial charge < -0.3 is 13.4 Å². The Bertz CT molecular complexity index is 3510. The van der Waals surface area contributed by atoms with E-state index < -0.39 is 0 Å². The quantitative estimate of drug-likeness (QED) is 0.176. The zero-order valence-corrected chi connectivity index (χ0v) is 30.4. The zero-order chi connectivity index (χ0) is 37.5. The predicted molar refractivity (Wildman–Crippen MR) is 230 cm³/mol. The molecule has 0 amide bonds. The Morgan fingerprint density at radius 2 is 0.982 bits per heavy atom. The molecular weight excluding hydrogens is 701 g/mol. The van der Waals surface area contributed by atoms with Gasteiger partial charge in [-0.2, -0.15) is 0 Å². The minimum Gasteiger partial charge on any atom is -0.456 e. The van der Waals surface area contributed by atoms with Gasteiger partial charge in [0.2, 0.25) is 0 Å². The van der Waals surface area contributed by atoms with Gasteiger partial charge in [0.1, 0.15) is 16.7 Å². The highest BCUT2D eigenvalue weighted by Gasteiger charge is 2.22. The maximum atomic E-state index is 7.04. The number of benzene rings is 8. The normalized spacial score (nSPS) is 11.9. The molecule has 0 unspecified atom stereocenters. The summed E-state index contributed by atoms with van der Waals surface area (Å²) in [5.41, 5.74) is 11.2. The fourth-order valence-electron chi connectivity index (χ4n) is 8.49. The van der Waals surface area contributed by atoms with Crippen molar-refractivity contribution in [3.8, 4) is 51.0 Å². The Hall–Kier alpha value is -7.83. The second-order valence-corrected chi connectivity index (χ2v) is 14.3. The van der Waals surface area contributed by atoms with Crippen molar-refractivity contribution < 1.29 is 8.83 Å². The van der Waals surface area contributed by atoms with E-state index in [1.165, 1.54) is 5.39 Å². The molecule has 0 fully saturated rings. The molecule has 0 aliphatic heterocycles. The lowest BCUT2D eigenvalue weighted by Gasteiger charge is -2.09. The van der Waals surface area contributed by atoms with Crippen LogP contribution in [0.3, 0.4) is 0 Å². The molecule has 12 rings (SSSR count). The molecule has 57 heavy (non-hydrogen) atoms. The molecule has 266 valence electrons. The molecule has 4 aromatic heterocycles. The number of para-hydroxylation sites is 3. The predicted octanol–water partition coefficient (Wildman–Crippen LogP) is 13.4. The van der Waals surface area contributed by atoms with E-state index in [-0.39, 0.29) is 0 Å².